The number of guanidine groups is 1. The second kappa shape index (κ2) is 9.37. The standard InChI is InChI=1S/C15H29N5O/c1-6-16-15(18-12(4)8-7-11(2)3)17-10-9-14-19-13(5)20-21-14/h11-12H,6-10H2,1-5H3,(H2,16,17,18). The zero-order chi connectivity index (χ0) is 15.7. The number of nitrogens with one attached hydrogen (secondary N) is 2. The van der Waals surface area contributed by atoms with Crippen LogP contribution in [0.3, 0.4) is 0 Å². The number of aryl methyl sites for hydroxylation is 1. The molecule has 0 aromatic carbocycles. The number of hydrogen-bond acceptors (Lipinski definition) is 4. The summed E-state index contributed by atoms with van der Waals surface area (Å²) in [5.74, 6) is 2.89. The van der Waals surface area contributed by atoms with Crippen LogP contribution < -0.4 is 10.6 Å². The Kier molecular flexibility index (Phi) is 7.79. The Bertz CT molecular complexity index is 427. The lowest BCUT2D eigenvalue weighted by Gasteiger charge is -2.18. The van der Waals surface area contributed by atoms with Gasteiger partial charge in [0.1, 0.15) is 0 Å². The predicted octanol–water partition coefficient (Wildman–Crippen LogP) is 2.30. The van der Waals surface area contributed by atoms with Gasteiger partial charge >= 0.3 is 0 Å². The molecule has 1 atom stereocenters. The van der Waals surface area contributed by atoms with Crippen molar-refractivity contribution in [1.82, 2.24) is 20.8 Å². The van der Waals surface area contributed by atoms with Crippen LogP contribution in [0.25, 0.3) is 0 Å². The number of nitrogens with zero attached hydrogens (tertiary/aromatic N) is 3. The Morgan fingerprint density at radius 2 is 2.05 bits per heavy atom. The monoisotopic (exact) mass is 295 g/mol. The van der Waals surface area contributed by atoms with E-state index in [1.54, 1.807) is 0 Å². The fraction of sp³-hybridized carbons (Fsp3) is 0.800. The van der Waals surface area contributed by atoms with Crippen LogP contribution in [0.4, 0.5) is 0 Å². The van der Waals surface area contributed by atoms with Crippen molar-refractivity contribution in [3.63, 3.8) is 0 Å². The van der Waals surface area contributed by atoms with Crippen molar-refractivity contribution in [2.75, 3.05) is 13.1 Å². The number of aliphatic imine (C=N–C) groups is 1. The van der Waals surface area contributed by atoms with Crippen LogP contribution in [0, 0.1) is 12.8 Å². The second-order valence-corrected chi connectivity index (χ2v) is 5.76. The summed E-state index contributed by atoms with van der Waals surface area (Å²) in [6.45, 7) is 12.1. The minimum atomic E-state index is 0.413. The molecule has 1 unspecified atom stereocenters. The molecule has 0 saturated heterocycles. The van der Waals surface area contributed by atoms with Crippen molar-refractivity contribution in [3.8, 4) is 0 Å². The summed E-state index contributed by atoms with van der Waals surface area (Å²) >= 11 is 0. The van der Waals surface area contributed by atoms with Gasteiger partial charge in [-0.15, -0.1) is 0 Å². The smallest absolute Gasteiger partial charge is 0.228 e. The zero-order valence-electron chi connectivity index (χ0n) is 13.9. The molecule has 2 N–H and O–H groups in total. The maximum Gasteiger partial charge on any atom is 0.228 e. The van der Waals surface area contributed by atoms with Crippen LogP contribution in [0.1, 0.15) is 52.3 Å². The molecule has 1 aromatic heterocycles. The molecule has 0 fully saturated rings. The Hall–Kier alpha value is -1.59. The van der Waals surface area contributed by atoms with Crippen molar-refractivity contribution in [1.29, 1.82) is 0 Å². The first-order valence-corrected chi connectivity index (χ1v) is 7.85. The highest BCUT2D eigenvalue weighted by Crippen LogP contribution is 2.06. The van der Waals surface area contributed by atoms with Crippen LogP contribution in [0.5, 0.6) is 0 Å². The highest BCUT2D eigenvalue weighted by atomic mass is 16.5. The van der Waals surface area contributed by atoms with Gasteiger partial charge < -0.3 is 15.2 Å². The van der Waals surface area contributed by atoms with Gasteiger partial charge in [-0.25, -0.2) is 0 Å². The third kappa shape index (κ3) is 7.68. The number of aromatic nitrogens is 2. The van der Waals surface area contributed by atoms with Gasteiger partial charge in [-0.3, -0.25) is 4.99 Å². The molecule has 6 heteroatoms. The van der Waals surface area contributed by atoms with Crippen molar-refractivity contribution >= 4 is 5.96 Å². The fourth-order valence-corrected chi connectivity index (χ4v) is 1.91. The van der Waals surface area contributed by atoms with Crippen LogP contribution in [0.2, 0.25) is 0 Å². The molecule has 1 aromatic rings. The molecule has 0 spiro atoms. The molecule has 0 saturated carbocycles. The molecule has 0 bridgehead atoms. The highest BCUT2D eigenvalue weighted by Gasteiger charge is 2.07. The quantitative estimate of drug-likeness (QED) is 0.568. The minimum absolute atomic E-state index is 0.413. The van der Waals surface area contributed by atoms with Gasteiger partial charge in [-0.1, -0.05) is 19.0 Å². The Morgan fingerprint density at radius 3 is 2.62 bits per heavy atom. The summed E-state index contributed by atoms with van der Waals surface area (Å²) < 4.78 is 5.08. The van der Waals surface area contributed by atoms with Crippen LogP contribution in [-0.4, -0.2) is 35.2 Å². The van der Waals surface area contributed by atoms with Gasteiger partial charge in [0.05, 0.1) is 6.54 Å². The van der Waals surface area contributed by atoms with Gasteiger partial charge in [-0.2, -0.15) is 4.98 Å². The van der Waals surface area contributed by atoms with Crippen molar-refractivity contribution in [2.24, 2.45) is 10.9 Å². The summed E-state index contributed by atoms with van der Waals surface area (Å²) in [5, 5.41) is 10.5. The summed E-state index contributed by atoms with van der Waals surface area (Å²) in [7, 11) is 0. The van der Waals surface area contributed by atoms with E-state index < -0.39 is 0 Å². The molecular formula is C15H29N5O. The van der Waals surface area contributed by atoms with Gasteiger partial charge in [0.15, 0.2) is 11.8 Å². The lowest BCUT2D eigenvalue weighted by molar-refractivity contribution is 0.376. The number of hydrogen-bond donors (Lipinski definition) is 2. The largest absolute Gasteiger partial charge is 0.357 e. The van der Waals surface area contributed by atoms with E-state index in [1.165, 1.54) is 6.42 Å². The highest BCUT2D eigenvalue weighted by molar-refractivity contribution is 5.80. The van der Waals surface area contributed by atoms with Crippen molar-refractivity contribution in [2.45, 2.75) is 59.9 Å². The molecule has 120 valence electrons. The second-order valence-electron chi connectivity index (χ2n) is 5.76. The number of rotatable bonds is 8. The van der Waals surface area contributed by atoms with Crippen LogP contribution in [0.15, 0.2) is 9.52 Å². The average molecular weight is 295 g/mol. The van der Waals surface area contributed by atoms with E-state index in [0.29, 0.717) is 30.7 Å². The van der Waals surface area contributed by atoms with E-state index >= 15 is 0 Å². The maximum atomic E-state index is 5.08. The minimum Gasteiger partial charge on any atom is -0.357 e. The molecular weight excluding hydrogens is 266 g/mol. The first-order chi connectivity index (χ1) is 10.0. The summed E-state index contributed by atoms with van der Waals surface area (Å²) in [4.78, 5) is 8.73. The molecule has 0 aliphatic carbocycles. The van der Waals surface area contributed by atoms with Crippen molar-refractivity contribution < 1.29 is 4.52 Å². The molecule has 0 aliphatic heterocycles. The Balaban J connectivity index is 2.41. The molecule has 21 heavy (non-hydrogen) atoms. The van der Waals surface area contributed by atoms with E-state index in [4.69, 9.17) is 4.52 Å². The summed E-state index contributed by atoms with van der Waals surface area (Å²) in [6.07, 6.45) is 3.03. The maximum absolute atomic E-state index is 5.08. The summed E-state index contributed by atoms with van der Waals surface area (Å²) in [5.41, 5.74) is 0. The first-order valence-electron chi connectivity index (χ1n) is 7.85. The third-order valence-corrected chi connectivity index (χ3v) is 3.07. The lowest BCUT2D eigenvalue weighted by atomic mass is 10.0. The van der Waals surface area contributed by atoms with E-state index in [9.17, 15) is 0 Å². The van der Waals surface area contributed by atoms with Crippen LogP contribution >= 0.6 is 0 Å². The molecule has 0 radical (unpaired) electrons. The van der Waals surface area contributed by atoms with Crippen LogP contribution in [-0.2, 0) is 6.42 Å². The molecule has 0 aliphatic rings. The normalized spacial score (nSPS) is 13.5. The Labute approximate surface area is 127 Å². The molecule has 0 amide bonds. The molecule has 1 rings (SSSR count). The molecule has 1 heterocycles. The van der Waals surface area contributed by atoms with E-state index in [0.717, 1.165) is 24.8 Å². The fourth-order valence-electron chi connectivity index (χ4n) is 1.91. The SMILES string of the molecule is CCNC(=NCCc1nc(C)no1)NC(C)CCC(C)C. The van der Waals surface area contributed by atoms with Gasteiger partial charge in [0.2, 0.25) is 5.89 Å². The predicted molar refractivity (Wildman–Crippen MR) is 85.4 cm³/mol. The average Bonchev–Trinajstić information content (AvgIpc) is 2.82. The van der Waals surface area contributed by atoms with Gasteiger partial charge in [0.25, 0.3) is 0 Å². The molecule has 6 nitrogen and oxygen atoms in total. The summed E-state index contributed by atoms with van der Waals surface area (Å²) in [6, 6.07) is 0.413. The van der Waals surface area contributed by atoms with Gasteiger partial charge in [-0.05, 0) is 39.5 Å². The van der Waals surface area contributed by atoms with E-state index in [1.807, 2.05) is 6.92 Å². The Morgan fingerprint density at radius 1 is 1.29 bits per heavy atom. The third-order valence-electron chi connectivity index (χ3n) is 3.07. The lowest BCUT2D eigenvalue weighted by Crippen LogP contribution is -2.42. The van der Waals surface area contributed by atoms with E-state index in [-0.39, 0.29) is 0 Å². The topological polar surface area (TPSA) is 75.3 Å². The van der Waals surface area contributed by atoms with Crippen molar-refractivity contribution in [3.05, 3.63) is 11.7 Å². The first kappa shape index (κ1) is 17.5. The zero-order valence-corrected chi connectivity index (χ0v) is 13.9. The van der Waals surface area contributed by atoms with Gasteiger partial charge in [0, 0.05) is 19.0 Å². The van der Waals surface area contributed by atoms with E-state index in [2.05, 4.69) is 53.5 Å².